The second-order valence-corrected chi connectivity index (χ2v) is 9.37. The molecular weight excluding hydrogens is 470 g/mol. The van der Waals surface area contributed by atoms with Gasteiger partial charge in [0.25, 0.3) is 5.56 Å². The van der Waals surface area contributed by atoms with E-state index in [1.165, 1.54) is 11.8 Å². The molecule has 0 fully saturated rings. The first-order valence-corrected chi connectivity index (χ1v) is 13.3. The van der Waals surface area contributed by atoms with Crippen molar-refractivity contribution in [1.82, 2.24) is 14.5 Å². The quantitative estimate of drug-likeness (QED) is 0.189. The molecule has 0 N–H and O–H groups in total. The van der Waals surface area contributed by atoms with Crippen LogP contribution in [0.25, 0.3) is 10.9 Å². The molecule has 7 heteroatoms. The maximum atomic E-state index is 13.7. The number of para-hydroxylation sites is 1. The van der Waals surface area contributed by atoms with Gasteiger partial charge in [-0.2, -0.15) is 0 Å². The normalized spacial score (nSPS) is 11.2. The number of fused-ring (bicyclic) bond motifs is 1. The van der Waals surface area contributed by atoms with Crippen LogP contribution in [0.1, 0.15) is 25.0 Å². The predicted octanol–water partition coefficient (Wildman–Crippen LogP) is 5.47. The second kappa shape index (κ2) is 12.6. The summed E-state index contributed by atoms with van der Waals surface area (Å²) in [6, 6.07) is 23.5. The molecule has 0 atom stereocenters. The summed E-state index contributed by atoms with van der Waals surface area (Å²) >= 11 is 1.54. The summed E-state index contributed by atoms with van der Waals surface area (Å²) in [5.74, 6) is 2.16. The molecule has 0 unspecified atom stereocenters. The van der Waals surface area contributed by atoms with Gasteiger partial charge in [-0.15, -0.1) is 0 Å². The van der Waals surface area contributed by atoms with Gasteiger partial charge in [-0.3, -0.25) is 9.36 Å². The van der Waals surface area contributed by atoms with Gasteiger partial charge in [0.05, 0.1) is 24.6 Å². The van der Waals surface area contributed by atoms with E-state index in [4.69, 9.17) is 14.5 Å². The number of benzene rings is 3. The van der Waals surface area contributed by atoms with Crippen LogP contribution in [0.4, 0.5) is 0 Å². The fraction of sp³-hybridized carbons (Fsp3) is 0.310. The van der Waals surface area contributed by atoms with Gasteiger partial charge in [-0.1, -0.05) is 74.1 Å². The van der Waals surface area contributed by atoms with Crippen molar-refractivity contribution < 1.29 is 9.47 Å². The number of methoxy groups -OCH3 is 1. The predicted molar refractivity (Wildman–Crippen MR) is 147 cm³/mol. The first kappa shape index (κ1) is 25.8. The fourth-order valence-electron chi connectivity index (χ4n) is 4.08. The number of nitrogens with zero attached hydrogens (tertiary/aromatic N) is 3. The zero-order valence-electron chi connectivity index (χ0n) is 21.1. The number of thioether (sulfide) groups is 1. The van der Waals surface area contributed by atoms with Crippen LogP contribution in [0.2, 0.25) is 0 Å². The van der Waals surface area contributed by atoms with Crippen molar-refractivity contribution in [2.24, 2.45) is 0 Å². The third-order valence-electron chi connectivity index (χ3n) is 6.19. The third kappa shape index (κ3) is 6.28. The standard InChI is InChI=1S/C29H33N3O3S/c1-4-31(5-2)17-18-35-24-15-16-26-25(19-24)28(33)32(20-22-11-7-6-8-12-22)29(30-26)36-21-23-13-9-10-14-27(23)34-3/h6-16,19H,4-5,17-18,20-21H2,1-3H3. The van der Waals surface area contributed by atoms with Crippen molar-refractivity contribution in [2.45, 2.75) is 31.3 Å². The lowest BCUT2D eigenvalue weighted by Gasteiger charge is -2.18. The van der Waals surface area contributed by atoms with E-state index in [1.54, 1.807) is 11.7 Å². The Balaban J connectivity index is 1.66. The average molecular weight is 504 g/mol. The topological polar surface area (TPSA) is 56.6 Å². The Morgan fingerprint density at radius 2 is 1.72 bits per heavy atom. The molecule has 36 heavy (non-hydrogen) atoms. The fourth-order valence-corrected chi connectivity index (χ4v) is 5.07. The summed E-state index contributed by atoms with van der Waals surface area (Å²) in [6.07, 6.45) is 0. The number of rotatable bonds is 12. The van der Waals surface area contributed by atoms with Crippen LogP contribution in [0.3, 0.4) is 0 Å². The summed E-state index contributed by atoms with van der Waals surface area (Å²) < 4.78 is 13.3. The number of aromatic nitrogens is 2. The van der Waals surface area contributed by atoms with E-state index in [0.29, 0.717) is 40.7 Å². The third-order valence-corrected chi connectivity index (χ3v) is 7.22. The molecular formula is C29H33N3O3S. The van der Waals surface area contributed by atoms with E-state index in [-0.39, 0.29) is 5.56 Å². The largest absolute Gasteiger partial charge is 0.496 e. The molecule has 4 aromatic rings. The maximum absolute atomic E-state index is 13.7. The van der Waals surface area contributed by atoms with Gasteiger partial charge in [0.1, 0.15) is 18.1 Å². The van der Waals surface area contributed by atoms with E-state index in [2.05, 4.69) is 18.7 Å². The number of ether oxygens (including phenoxy) is 2. The van der Waals surface area contributed by atoms with Gasteiger partial charge in [-0.05, 0) is 42.9 Å². The Morgan fingerprint density at radius 1 is 0.972 bits per heavy atom. The van der Waals surface area contributed by atoms with Crippen LogP contribution < -0.4 is 15.0 Å². The van der Waals surface area contributed by atoms with E-state index >= 15 is 0 Å². The van der Waals surface area contributed by atoms with Crippen molar-refractivity contribution in [1.29, 1.82) is 0 Å². The molecule has 188 valence electrons. The van der Waals surface area contributed by atoms with Gasteiger partial charge in [-0.25, -0.2) is 4.98 Å². The summed E-state index contributed by atoms with van der Waals surface area (Å²) in [5, 5.41) is 1.24. The highest BCUT2D eigenvalue weighted by Gasteiger charge is 2.15. The molecule has 0 radical (unpaired) electrons. The van der Waals surface area contributed by atoms with Crippen LogP contribution in [-0.2, 0) is 12.3 Å². The molecule has 0 aliphatic heterocycles. The molecule has 1 heterocycles. The molecule has 1 aromatic heterocycles. The van der Waals surface area contributed by atoms with Gasteiger partial charge in [0, 0.05) is 17.9 Å². The van der Waals surface area contributed by atoms with E-state index < -0.39 is 0 Å². The van der Waals surface area contributed by atoms with Crippen molar-refractivity contribution in [2.75, 3.05) is 33.4 Å². The number of likely N-dealkylation sites (N-methyl/N-ethyl adjacent to an activating group) is 1. The number of hydrogen-bond acceptors (Lipinski definition) is 6. The summed E-state index contributed by atoms with van der Waals surface area (Å²) in [7, 11) is 1.67. The lowest BCUT2D eigenvalue weighted by molar-refractivity contribution is 0.223. The summed E-state index contributed by atoms with van der Waals surface area (Å²) in [5.41, 5.74) is 2.71. The maximum Gasteiger partial charge on any atom is 0.262 e. The Hall–Kier alpha value is -3.29. The minimum atomic E-state index is -0.0689. The van der Waals surface area contributed by atoms with Crippen LogP contribution in [0.15, 0.2) is 82.7 Å². The van der Waals surface area contributed by atoms with E-state index in [1.807, 2.05) is 72.8 Å². The van der Waals surface area contributed by atoms with Crippen LogP contribution in [0, 0.1) is 0 Å². The summed E-state index contributed by atoms with van der Waals surface area (Å²) in [6.45, 7) is 8.13. The average Bonchev–Trinajstić information content (AvgIpc) is 2.92. The monoisotopic (exact) mass is 503 g/mol. The lowest BCUT2D eigenvalue weighted by Crippen LogP contribution is -2.28. The van der Waals surface area contributed by atoms with E-state index in [9.17, 15) is 4.79 Å². The first-order chi connectivity index (χ1) is 17.6. The summed E-state index contributed by atoms with van der Waals surface area (Å²) in [4.78, 5) is 20.9. The first-order valence-electron chi connectivity index (χ1n) is 12.3. The molecule has 6 nitrogen and oxygen atoms in total. The van der Waals surface area contributed by atoms with Crippen molar-refractivity contribution >= 4 is 22.7 Å². The smallest absolute Gasteiger partial charge is 0.262 e. The Labute approximate surface area is 216 Å². The Morgan fingerprint density at radius 3 is 2.47 bits per heavy atom. The minimum Gasteiger partial charge on any atom is -0.496 e. The highest BCUT2D eigenvalue weighted by molar-refractivity contribution is 7.98. The highest BCUT2D eigenvalue weighted by atomic mass is 32.2. The van der Waals surface area contributed by atoms with Crippen molar-refractivity contribution in [3.63, 3.8) is 0 Å². The van der Waals surface area contributed by atoms with Crippen molar-refractivity contribution in [3.8, 4) is 11.5 Å². The molecule has 0 aliphatic carbocycles. The van der Waals surface area contributed by atoms with Gasteiger partial charge >= 0.3 is 0 Å². The number of hydrogen-bond donors (Lipinski definition) is 0. The molecule has 3 aromatic carbocycles. The Bertz CT molecular complexity index is 1340. The zero-order chi connectivity index (χ0) is 25.3. The molecule has 0 saturated carbocycles. The molecule has 0 bridgehead atoms. The lowest BCUT2D eigenvalue weighted by atomic mass is 10.2. The molecule has 4 rings (SSSR count). The van der Waals surface area contributed by atoms with Crippen LogP contribution in [0.5, 0.6) is 11.5 Å². The minimum absolute atomic E-state index is 0.0689. The highest BCUT2D eigenvalue weighted by Crippen LogP contribution is 2.28. The van der Waals surface area contributed by atoms with Gasteiger partial charge in [0.2, 0.25) is 0 Å². The van der Waals surface area contributed by atoms with Crippen LogP contribution in [-0.4, -0.2) is 47.8 Å². The Kier molecular flexibility index (Phi) is 9.03. The molecule has 0 spiro atoms. The molecule has 0 saturated heterocycles. The van der Waals surface area contributed by atoms with Gasteiger partial charge in [0.15, 0.2) is 5.16 Å². The second-order valence-electron chi connectivity index (χ2n) is 8.43. The molecule has 0 aliphatic rings. The molecule has 0 amide bonds. The SMILES string of the molecule is CCN(CC)CCOc1ccc2nc(SCc3ccccc3OC)n(Cc3ccccc3)c(=O)c2c1. The van der Waals surface area contributed by atoms with Gasteiger partial charge < -0.3 is 14.4 Å². The zero-order valence-corrected chi connectivity index (χ0v) is 22.0. The van der Waals surface area contributed by atoms with Crippen LogP contribution >= 0.6 is 11.8 Å². The van der Waals surface area contributed by atoms with E-state index in [0.717, 1.165) is 36.5 Å². The van der Waals surface area contributed by atoms with Crippen molar-refractivity contribution in [3.05, 3.63) is 94.3 Å².